The molecule has 6 rings (SSSR count). The van der Waals surface area contributed by atoms with Gasteiger partial charge in [0.25, 0.3) is 0 Å². The summed E-state index contributed by atoms with van der Waals surface area (Å²) in [6.45, 7) is 7.73. The molecule has 180 valence electrons. The second-order valence-electron chi connectivity index (χ2n) is 10.6. The first-order chi connectivity index (χ1) is 16.5. The van der Waals surface area contributed by atoms with Gasteiger partial charge in [-0.15, -0.1) is 0 Å². The van der Waals surface area contributed by atoms with E-state index in [4.69, 9.17) is 10.5 Å². The fourth-order valence-electron chi connectivity index (χ4n) is 6.69. The highest BCUT2D eigenvalue weighted by Crippen LogP contribution is 2.52. The van der Waals surface area contributed by atoms with Crippen LogP contribution < -0.4 is 16.5 Å². The van der Waals surface area contributed by atoms with Crippen LogP contribution in [0.2, 0.25) is 0 Å². The van der Waals surface area contributed by atoms with Crippen LogP contribution in [0.1, 0.15) is 42.9 Å². The van der Waals surface area contributed by atoms with Gasteiger partial charge < -0.3 is 26.3 Å². The Morgan fingerprint density at radius 1 is 1.24 bits per heavy atom. The number of dihydropyridines is 1. The first kappa shape index (κ1) is 22.0. The van der Waals surface area contributed by atoms with E-state index in [2.05, 4.69) is 63.7 Å². The van der Waals surface area contributed by atoms with Crippen molar-refractivity contribution in [1.29, 1.82) is 0 Å². The number of hydrogen-bond acceptors (Lipinski definition) is 7. The third-order valence-electron chi connectivity index (χ3n) is 8.90. The van der Waals surface area contributed by atoms with Gasteiger partial charge in [0.2, 0.25) is 0 Å². The van der Waals surface area contributed by atoms with Crippen LogP contribution in [0.3, 0.4) is 0 Å². The van der Waals surface area contributed by atoms with Gasteiger partial charge in [0.1, 0.15) is 11.3 Å². The normalized spacial score (nSPS) is 34.4. The number of fused-ring (bicyclic) bond motifs is 1. The molecule has 0 bridgehead atoms. The number of piperidine rings is 1. The molecule has 0 saturated carbocycles. The monoisotopic (exact) mass is 461 g/mol. The first-order valence-corrected chi connectivity index (χ1v) is 12.5. The summed E-state index contributed by atoms with van der Waals surface area (Å²) >= 11 is 0. The van der Waals surface area contributed by atoms with Crippen molar-refractivity contribution in [3.05, 3.63) is 71.5 Å². The molecule has 7 heteroatoms. The van der Waals surface area contributed by atoms with Crippen molar-refractivity contribution < 1.29 is 9.84 Å². The minimum atomic E-state index is -1.01. The van der Waals surface area contributed by atoms with Crippen molar-refractivity contribution in [2.24, 2.45) is 16.3 Å². The Morgan fingerprint density at radius 2 is 2.06 bits per heavy atom. The summed E-state index contributed by atoms with van der Waals surface area (Å²) in [6, 6.07) is 8.71. The van der Waals surface area contributed by atoms with Gasteiger partial charge in [-0.05, 0) is 53.0 Å². The fourth-order valence-corrected chi connectivity index (χ4v) is 6.69. The van der Waals surface area contributed by atoms with Crippen molar-refractivity contribution in [3.63, 3.8) is 0 Å². The average molecular weight is 462 g/mol. The van der Waals surface area contributed by atoms with Crippen molar-refractivity contribution in [2.45, 2.75) is 49.4 Å². The largest absolute Gasteiger partial charge is 0.383 e. The number of hydrazone groups is 1. The van der Waals surface area contributed by atoms with Crippen molar-refractivity contribution in [3.8, 4) is 0 Å². The van der Waals surface area contributed by atoms with Gasteiger partial charge >= 0.3 is 0 Å². The highest BCUT2D eigenvalue weighted by atomic mass is 16.5. The topological polar surface area (TPSA) is 95.1 Å². The van der Waals surface area contributed by atoms with Gasteiger partial charge in [0, 0.05) is 51.3 Å². The third kappa shape index (κ3) is 3.22. The van der Waals surface area contributed by atoms with Crippen LogP contribution in [-0.4, -0.2) is 59.8 Å². The Kier molecular flexibility index (Phi) is 5.22. The third-order valence-corrected chi connectivity index (χ3v) is 8.90. The molecule has 1 aromatic rings. The van der Waals surface area contributed by atoms with E-state index in [1.54, 1.807) is 0 Å². The first-order valence-electron chi connectivity index (χ1n) is 12.5. The van der Waals surface area contributed by atoms with E-state index in [-0.39, 0.29) is 11.5 Å². The van der Waals surface area contributed by atoms with E-state index in [1.807, 2.05) is 6.20 Å². The SMILES string of the molecule is C=C(C1=CN[C@@](N2CCC3(CC2)Cc2ccccc2C3N)(C2(O)CCOC2)C=C1)C1=NNCC1. The smallest absolute Gasteiger partial charge is 0.142 e. The van der Waals surface area contributed by atoms with Gasteiger partial charge in [-0.3, -0.25) is 4.90 Å². The Bertz CT molecular complexity index is 1080. The Labute approximate surface area is 201 Å². The van der Waals surface area contributed by atoms with Crippen LogP contribution in [0.4, 0.5) is 0 Å². The van der Waals surface area contributed by atoms with Crippen LogP contribution in [0.5, 0.6) is 0 Å². The fraction of sp³-hybridized carbons (Fsp3) is 0.519. The van der Waals surface area contributed by atoms with Crippen molar-refractivity contribution in [1.82, 2.24) is 15.6 Å². The Balaban J connectivity index is 1.25. The summed E-state index contributed by atoms with van der Waals surface area (Å²) in [4.78, 5) is 2.41. The standard InChI is InChI=1S/C27H35N5O2/c1-19(23-7-12-30-31-23)21-6-8-27(29-17-21,26(33)11-15-34-18-26)32-13-9-25(10-14-32)16-20-4-2-3-5-22(20)24(25)28/h2-6,8,17,24,29-30,33H,1,7,9-16,18,28H2/t24?,26?,27-/m0/s1. The lowest BCUT2D eigenvalue weighted by molar-refractivity contribution is -0.118. The summed E-state index contributed by atoms with van der Waals surface area (Å²) in [7, 11) is 0. The molecule has 4 heterocycles. The molecule has 3 atom stereocenters. The molecule has 5 aliphatic rings. The molecule has 1 aromatic carbocycles. The van der Waals surface area contributed by atoms with Crippen molar-refractivity contribution >= 4 is 5.71 Å². The minimum absolute atomic E-state index is 0.0742. The van der Waals surface area contributed by atoms with Crippen LogP contribution in [-0.2, 0) is 11.2 Å². The second-order valence-corrected chi connectivity index (χ2v) is 10.6. The average Bonchev–Trinajstić information content (AvgIpc) is 3.61. The number of nitrogens with two attached hydrogens (primary N) is 1. The van der Waals surface area contributed by atoms with Gasteiger partial charge in [-0.1, -0.05) is 36.9 Å². The predicted molar refractivity (Wildman–Crippen MR) is 133 cm³/mol. The van der Waals surface area contributed by atoms with Crippen LogP contribution in [0, 0.1) is 5.41 Å². The molecule has 0 radical (unpaired) electrons. The molecular weight excluding hydrogens is 426 g/mol. The number of hydrogen-bond donors (Lipinski definition) is 4. The molecule has 1 spiro atoms. The highest BCUT2D eigenvalue weighted by molar-refractivity contribution is 6.04. The number of nitrogens with zero attached hydrogens (tertiary/aromatic N) is 2. The maximum Gasteiger partial charge on any atom is 0.142 e. The maximum atomic E-state index is 11.8. The molecule has 7 nitrogen and oxygen atoms in total. The number of allylic oxidation sites excluding steroid dienone is 3. The maximum absolute atomic E-state index is 11.8. The number of aliphatic hydroxyl groups is 1. The zero-order chi connectivity index (χ0) is 23.4. The molecule has 2 fully saturated rings. The van der Waals surface area contributed by atoms with Crippen LogP contribution in [0.25, 0.3) is 0 Å². The number of likely N-dealkylation sites (tertiary alicyclic amines) is 1. The number of ether oxygens (including phenoxy) is 1. The molecule has 0 amide bonds. The Morgan fingerprint density at radius 3 is 2.71 bits per heavy atom. The second kappa shape index (κ2) is 8.05. The summed E-state index contributed by atoms with van der Waals surface area (Å²) in [5.74, 6) is 0. The molecule has 0 aromatic heterocycles. The van der Waals surface area contributed by atoms with Crippen LogP contribution >= 0.6 is 0 Å². The summed E-state index contributed by atoms with van der Waals surface area (Å²) in [5, 5.41) is 19.8. The highest BCUT2D eigenvalue weighted by Gasteiger charge is 2.57. The van der Waals surface area contributed by atoms with E-state index in [0.717, 1.165) is 62.2 Å². The lowest BCUT2D eigenvalue weighted by Gasteiger charge is -2.55. The molecule has 1 aliphatic carbocycles. The molecular formula is C27H35N5O2. The molecule has 5 N–H and O–H groups in total. The molecule has 2 unspecified atom stereocenters. The van der Waals surface area contributed by atoms with Gasteiger partial charge in [-0.2, -0.15) is 5.10 Å². The zero-order valence-electron chi connectivity index (χ0n) is 19.7. The summed E-state index contributed by atoms with van der Waals surface area (Å²) in [5.41, 5.74) is 13.8. The van der Waals surface area contributed by atoms with Gasteiger partial charge in [0.05, 0.1) is 12.3 Å². The predicted octanol–water partition coefficient (Wildman–Crippen LogP) is 2.12. The van der Waals surface area contributed by atoms with E-state index in [0.29, 0.717) is 19.6 Å². The molecule has 34 heavy (non-hydrogen) atoms. The van der Waals surface area contributed by atoms with E-state index in [9.17, 15) is 5.11 Å². The lowest BCUT2D eigenvalue weighted by atomic mass is 9.71. The number of nitrogens with one attached hydrogen (secondary N) is 2. The quantitative estimate of drug-likeness (QED) is 0.549. The lowest BCUT2D eigenvalue weighted by Crippen LogP contribution is -2.72. The Hall–Kier alpha value is -2.45. The number of rotatable bonds is 4. The van der Waals surface area contributed by atoms with Gasteiger partial charge in [0.15, 0.2) is 0 Å². The molecule has 2 saturated heterocycles. The molecule has 4 aliphatic heterocycles. The van der Waals surface area contributed by atoms with E-state index >= 15 is 0 Å². The van der Waals surface area contributed by atoms with E-state index in [1.165, 1.54) is 11.1 Å². The van der Waals surface area contributed by atoms with Crippen molar-refractivity contribution in [2.75, 3.05) is 32.8 Å². The minimum Gasteiger partial charge on any atom is -0.383 e. The summed E-state index contributed by atoms with van der Waals surface area (Å²) in [6.07, 6.45) is 10.7. The summed E-state index contributed by atoms with van der Waals surface area (Å²) < 4.78 is 5.70. The van der Waals surface area contributed by atoms with E-state index < -0.39 is 11.3 Å². The number of benzene rings is 1. The van der Waals surface area contributed by atoms with Gasteiger partial charge in [-0.25, -0.2) is 0 Å². The zero-order valence-corrected chi connectivity index (χ0v) is 19.7. The van der Waals surface area contributed by atoms with Crippen LogP contribution in [0.15, 0.2) is 65.4 Å².